The Morgan fingerprint density at radius 1 is 1.33 bits per heavy atom. The summed E-state index contributed by atoms with van der Waals surface area (Å²) in [5.41, 5.74) is -0.594. The molecule has 5 heteroatoms. The Hall–Kier alpha value is -0.650. The van der Waals surface area contributed by atoms with Crippen LogP contribution in [0.15, 0.2) is 0 Å². The molecule has 1 heterocycles. The van der Waals surface area contributed by atoms with E-state index in [1.807, 2.05) is 0 Å². The standard InChI is InChI=1S/C13H24N2O3/c1-10(16)14-11-7-15(8-12(11)17)9-13(18)5-3-2-4-6-13/h11-12,17-18H,2-9H2,1H3,(H,14,16)/t11-,12-/m1/s1. The minimum Gasteiger partial charge on any atom is -0.390 e. The molecule has 1 aliphatic carbocycles. The summed E-state index contributed by atoms with van der Waals surface area (Å²) in [5, 5.41) is 23.1. The van der Waals surface area contributed by atoms with Crippen LogP contribution in [0.4, 0.5) is 0 Å². The molecule has 1 amide bonds. The van der Waals surface area contributed by atoms with Gasteiger partial charge < -0.3 is 15.5 Å². The van der Waals surface area contributed by atoms with Crippen molar-refractivity contribution in [3.05, 3.63) is 0 Å². The topological polar surface area (TPSA) is 72.8 Å². The molecular weight excluding hydrogens is 232 g/mol. The molecule has 2 aliphatic rings. The predicted octanol–water partition coefficient (Wildman–Crippen LogP) is -0.137. The molecule has 0 aromatic heterocycles. The Morgan fingerprint density at radius 3 is 2.61 bits per heavy atom. The maximum atomic E-state index is 11.0. The van der Waals surface area contributed by atoms with Crippen molar-refractivity contribution in [1.29, 1.82) is 0 Å². The average molecular weight is 256 g/mol. The van der Waals surface area contributed by atoms with Crippen LogP contribution in [0.5, 0.6) is 0 Å². The summed E-state index contributed by atoms with van der Waals surface area (Å²) in [6.45, 7) is 3.24. The highest BCUT2D eigenvalue weighted by atomic mass is 16.3. The molecule has 0 spiro atoms. The van der Waals surface area contributed by atoms with E-state index in [9.17, 15) is 15.0 Å². The summed E-state index contributed by atoms with van der Waals surface area (Å²) < 4.78 is 0. The molecule has 2 rings (SSSR count). The largest absolute Gasteiger partial charge is 0.390 e. The van der Waals surface area contributed by atoms with Crippen molar-refractivity contribution in [2.45, 2.75) is 56.8 Å². The van der Waals surface area contributed by atoms with Crippen molar-refractivity contribution < 1.29 is 15.0 Å². The van der Waals surface area contributed by atoms with E-state index in [2.05, 4.69) is 10.2 Å². The number of amides is 1. The molecule has 1 saturated heterocycles. The first-order valence-electron chi connectivity index (χ1n) is 6.88. The highest BCUT2D eigenvalue weighted by Crippen LogP contribution is 2.29. The van der Waals surface area contributed by atoms with Crippen LogP contribution in [0, 0.1) is 0 Å². The monoisotopic (exact) mass is 256 g/mol. The molecule has 0 radical (unpaired) electrons. The molecule has 2 atom stereocenters. The van der Waals surface area contributed by atoms with Gasteiger partial charge in [-0.25, -0.2) is 0 Å². The Labute approximate surface area is 108 Å². The highest BCUT2D eigenvalue weighted by molar-refractivity contribution is 5.73. The van der Waals surface area contributed by atoms with Crippen LogP contribution < -0.4 is 5.32 Å². The number of aliphatic hydroxyl groups excluding tert-OH is 1. The van der Waals surface area contributed by atoms with E-state index in [4.69, 9.17) is 0 Å². The molecule has 3 N–H and O–H groups in total. The molecule has 0 bridgehead atoms. The van der Waals surface area contributed by atoms with Crippen molar-refractivity contribution >= 4 is 5.91 Å². The van der Waals surface area contributed by atoms with Crippen LogP contribution >= 0.6 is 0 Å². The third-order valence-corrected chi connectivity index (χ3v) is 4.06. The van der Waals surface area contributed by atoms with Crippen LogP contribution in [0.25, 0.3) is 0 Å². The maximum Gasteiger partial charge on any atom is 0.217 e. The highest BCUT2D eigenvalue weighted by Gasteiger charge is 2.37. The first-order chi connectivity index (χ1) is 8.48. The van der Waals surface area contributed by atoms with Gasteiger partial charge in [-0.3, -0.25) is 9.69 Å². The quantitative estimate of drug-likeness (QED) is 0.657. The van der Waals surface area contributed by atoms with Gasteiger partial charge in [-0.2, -0.15) is 0 Å². The van der Waals surface area contributed by atoms with Gasteiger partial charge in [0.25, 0.3) is 0 Å². The normalized spacial score (nSPS) is 32.4. The van der Waals surface area contributed by atoms with Gasteiger partial charge in [0.15, 0.2) is 0 Å². The fourth-order valence-corrected chi connectivity index (χ4v) is 3.18. The SMILES string of the molecule is CC(=O)N[C@@H]1CN(CC2(O)CCCCC2)C[C@H]1O. The fourth-order valence-electron chi connectivity index (χ4n) is 3.18. The maximum absolute atomic E-state index is 11.0. The zero-order valence-electron chi connectivity index (χ0n) is 11.1. The number of carbonyl (C=O) groups excluding carboxylic acids is 1. The van der Waals surface area contributed by atoms with Gasteiger partial charge in [0.1, 0.15) is 0 Å². The van der Waals surface area contributed by atoms with Crippen LogP contribution in [-0.4, -0.2) is 58.4 Å². The number of carbonyl (C=O) groups is 1. The number of β-amino-alcohol motifs (C(OH)–C–C–N with tert-alkyl or cyclic N) is 2. The average Bonchev–Trinajstić information content (AvgIpc) is 2.58. The lowest BCUT2D eigenvalue weighted by atomic mass is 9.84. The number of rotatable bonds is 3. The lowest BCUT2D eigenvalue weighted by Gasteiger charge is -2.35. The Morgan fingerprint density at radius 2 is 2.00 bits per heavy atom. The lowest BCUT2D eigenvalue weighted by molar-refractivity contribution is -0.120. The van der Waals surface area contributed by atoms with Crippen LogP contribution in [0.1, 0.15) is 39.0 Å². The number of nitrogens with one attached hydrogen (secondary N) is 1. The molecule has 0 aromatic rings. The Balaban J connectivity index is 1.86. The van der Waals surface area contributed by atoms with E-state index >= 15 is 0 Å². The predicted molar refractivity (Wildman–Crippen MR) is 68.1 cm³/mol. The number of hydrogen-bond donors (Lipinski definition) is 3. The summed E-state index contributed by atoms with van der Waals surface area (Å²) in [6.07, 6.45) is 4.55. The third-order valence-electron chi connectivity index (χ3n) is 4.06. The van der Waals surface area contributed by atoms with Gasteiger partial charge in [0.2, 0.25) is 5.91 Å². The number of nitrogens with zero attached hydrogens (tertiary/aromatic N) is 1. The van der Waals surface area contributed by atoms with Crippen LogP contribution in [0.2, 0.25) is 0 Å². The summed E-state index contributed by atoms with van der Waals surface area (Å²) >= 11 is 0. The molecule has 2 fully saturated rings. The smallest absolute Gasteiger partial charge is 0.217 e. The first kappa shape index (κ1) is 13.8. The van der Waals surface area contributed by atoms with E-state index in [1.54, 1.807) is 0 Å². The lowest BCUT2D eigenvalue weighted by Crippen LogP contribution is -2.45. The Kier molecular flexibility index (Phi) is 4.25. The van der Waals surface area contributed by atoms with Crippen molar-refractivity contribution in [3.63, 3.8) is 0 Å². The number of aliphatic hydroxyl groups is 2. The van der Waals surface area contributed by atoms with Gasteiger partial charge in [0, 0.05) is 26.6 Å². The molecule has 0 aromatic carbocycles. The molecule has 18 heavy (non-hydrogen) atoms. The second-order valence-electron chi connectivity index (χ2n) is 5.85. The van der Waals surface area contributed by atoms with Crippen molar-refractivity contribution in [2.24, 2.45) is 0 Å². The molecule has 0 unspecified atom stereocenters. The van der Waals surface area contributed by atoms with E-state index in [0.717, 1.165) is 25.7 Å². The minimum atomic E-state index is -0.594. The molecule has 1 aliphatic heterocycles. The summed E-state index contributed by atoms with van der Waals surface area (Å²) in [4.78, 5) is 13.1. The van der Waals surface area contributed by atoms with Crippen molar-refractivity contribution in [3.8, 4) is 0 Å². The second kappa shape index (κ2) is 5.55. The van der Waals surface area contributed by atoms with Gasteiger partial charge in [-0.1, -0.05) is 19.3 Å². The molecular formula is C13H24N2O3. The van der Waals surface area contributed by atoms with Crippen molar-refractivity contribution in [2.75, 3.05) is 19.6 Å². The van der Waals surface area contributed by atoms with E-state index in [-0.39, 0.29) is 11.9 Å². The third kappa shape index (κ3) is 3.43. The second-order valence-corrected chi connectivity index (χ2v) is 5.85. The van der Waals surface area contributed by atoms with Gasteiger partial charge >= 0.3 is 0 Å². The van der Waals surface area contributed by atoms with Gasteiger partial charge in [-0.05, 0) is 12.8 Å². The Bertz CT molecular complexity index is 303. The molecule has 5 nitrogen and oxygen atoms in total. The van der Waals surface area contributed by atoms with E-state index in [0.29, 0.717) is 19.6 Å². The summed E-state index contributed by atoms with van der Waals surface area (Å²) in [6, 6.07) is -0.199. The van der Waals surface area contributed by atoms with Crippen molar-refractivity contribution in [1.82, 2.24) is 10.2 Å². The molecule has 1 saturated carbocycles. The van der Waals surface area contributed by atoms with E-state index < -0.39 is 11.7 Å². The minimum absolute atomic E-state index is 0.114. The van der Waals surface area contributed by atoms with Crippen LogP contribution in [-0.2, 0) is 4.79 Å². The van der Waals surface area contributed by atoms with Crippen LogP contribution in [0.3, 0.4) is 0 Å². The fraction of sp³-hybridized carbons (Fsp3) is 0.923. The zero-order chi connectivity index (χ0) is 13.2. The van der Waals surface area contributed by atoms with Gasteiger partial charge in [-0.15, -0.1) is 0 Å². The zero-order valence-corrected chi connectivity index (χ0v) is 11.1. The number of hydrogen-bond acceptors (Lipinski definition) is 4. The molecule has 104 valence electrons. The summed E-state index contributed by atoms with van der Waals surface area (Å²) in [7, 11) is 0. The first-order valence-corrected chi connectivity index (χ1v) is 6.88. The van der Waals surface area contributed by atoms with Gasteiger partial charge in [0.05, 0.1) is 17.7 Å². The summed E-state index contributed by atoms with van der Waals surface area (Å²) in [5.74, 6) is -0.114. The number of likely N-dealkylation sites (tertiary alicyclic amines) is 1. The van der Waals surface area contributed by atoms with E-state index in [1.165, 1.54) is 13.3 Å².